The first kappa shape index (κ1) is 17.7. The van der Waals surface area contributed by atoms with E-state index in [4.69, 9.17) is 11.6 Å². The molecule has 0 bridgehead atoms. The Bertz CT molecular complexity index is 935. The Morgan fingerprint density at radius 3 is 1.85 bits per heavy atom. The molecule has 0 spiro atoms. The lowest BCUT2D eigenvalue weighted by atomic mass is 10.1. The number of halogens is 1. The van der Waals surface area contributed by atoms with E-state index in [0.29, 0.717) is 21.8 Å². The van der Waals surface area contributed by atoms with Crippen molar-refractivity contribution in [3.8, 4) is 0 Å². The van der Waals surface area contributed by atoms with Crippen molar-refractivity contribution in [1.82, 2.24) is 0 Å². The minimum atomic E-state index is -0.288. The number of anilines is 2. The molecule has 3 aromatic rings. The van der Waals surface area contributed by atoms with Crippen molar-refractivity contribution < 1.29 is 9.59 Å². The van der Waals surface area contributed by atoms with E-state index in [1.165, 1.54) is 0 Å². The summed E-state index contributed by atoms with van der Waals surface area (Å²) in [6.45, 7) is 1.98. The van der Waals surface area contributed by atoms with E-state index in [0.717, 1.165) is 11.3 Å². The predicted molar refractivity (Wildman–Crippen MR) is 105 cm³/mol. The smallest absolute Gasteiger partial charge is 0.255 e. The molecule has 0 fully saturated rings. The van der Waals surface area contributed by atoms with Gasteiger partial charge in [-0.25, -0.2) is 0 Å². The van der Waals surface area contributed by atoms with Gasteiger partial charge in [-0.2, -0.15) is 0 Å². The molecule has 0 saturated heterocycles. The molecule has 2 N–H and O–H groups in total. The Hall–Kier alpha value is -3.11. The van der Waals surface area contributed by atoms with E-state index in [1.807, 2.05) is 31.2 Å². The molecule has 2 amide bonds. The highest BCUT2D eigenvalue weighted by Gasteiger charge is 2.10. The van der Waals surface area contributed by atoms with Crippen LogP contribution in [0.2, 0.25) is 5.02 Å². The number of carbonyl (C=O) groups is 2. The number of carbonyl (C=O) groups excluding carboxylic acids is 2. The van der Waals surface area contributed by atoms with Gasteiger partial charge in [-0.3, -0.25) is 9.59 Å². The highest BCUT2D eigenvalue weighted by Crippen LogP contribution is 2.21. The Labute approximate surface area is 156 Å². The summed E-state index contributed by atoms with van der Waals surface area (Å²) < 4.78 is 0. The summed E-state index contributed by atoms with van der Waals surface area (Å²) in [7, 11) is 0. The molecule has 3 rings (SSSR count). The number of para-hydroxylation sites is 1. The summed E-state index contributed by atoms with van der Waals surface area (Å²) in [5, 5.41) is 6.04. The van der Waals surface area contributed by atoms with Gasteiger partial charge in [-0.05, 0) is 55.5 Å². The normalized spacial score (nSPS) is 10.2. The average molecular weight is 365 g/mol. The highest BCUT2D eigenvalue weighted by atomic mass is 35.5. The Morgan fingerprint density at radius 1 is 0.731 bits per heavy atom. The van der Waals surface area contributed by atoms with Crippen molar-refractivity contribution in [1.29, 1.82) is 0 Å². The van der Waals surface area contributed by atoms with Gasteiger partial charge in [0.15, 0.2) is 0 Å². The fourth-order valence-corrected chi connectivity index (χ4v) is 2.55. The molecular weight excluding hydrogens is 348 g/mol. The van der Waals surface area contributed by atoms with Crippen molar-refractivity contribution >= 4 is 34.8 Å². The topological polar surface area (TPSA) is 58.2 Å². The molecule has 0 aliphatic heterocycles. The monoisotopic (exact) mass is 364 g/mol. The highest BCUT2D eigenvalue weighted by molar-refractivity contribution is 6.33. The first-order valence-corrected chi connectivity index (χ1v) is 8.45. The average Bonchev–Trinajstić information content (AvgIpc) is 2.65. The standard InChI is InChI=1S/C21H17ClN2O2/c1-14-6-12-17(13-7-14)23-20(25)15-8-10-16(11-9-15)21(26)24-19-5-3-2-4-18(19)22/h2-13H,1H3,(H,23,25)(H,24,26). The quantitative estimate of drug-likeness (QED) is 0.672. The minimum absolute atomic E-state index is 0.230. The maximum absolute atomic E-state index is 12.3. The zero-order chi connectivity index (χ0) is 18.5. The van der Waals surface area contributed by atoms with Crippen LogP contribution in [0.15, 0.2) is 72.8 Å². The van der Waals surface area contributed by atoms with Crippen molar-refractivity contribution in [2.75, 3.05) is 10.6 Å². The number of hydrogen-bond acceptors (Lipinski definition) is 2. The van der Waals surface area contributed by atoms with E-state index in [1.54, 1.807) is 48.5 Å². The van der Waals surface area contributed by atoms with Gasteiger partial charge in [0.2, 0.25) is 0 Å². The van der Waals surface area contributed by atoms with Crippen LogP contribution in [-0.4, -0.2) is 11.8 Å². The van der Waals surface area contributed by atoms with Crippen LogP contribution in [0.5, 0.6) is 0 Å². The molecule has 0 radical (unpaired) electrons. The Balaban J connectivity index is 1.67. The van der Waals surface area contributed by atoms with E-state index in [9.17, 15) is 9.59 Å². The summed E-state index contributed by atoms with van der Waals surface area (Å²) in [4.78, 5) is 24.6. The van der Waals surface area contributed by atoms with Crippen LogP contribution in [0.4, 0.5) is 11.4 Å². The van der Waals surface area contributed by atoms with Gasteiger partial charge < -0.3 is 10.6 Å². The largest absolute Gasteiger partial charge is 0.322 e. The number of benzene rings is 3. The summed E-state index contributed by atoms with van der Waals surface area (Å²) >= 11 is 6.04. The molecule has 0 aliphatic carbocycles. The van der Waals surface area contributed by atoms with Gasteiger partial charge in [0.05, 0.1) is 10.7 Å². The van der Waals surface area contributed by atoms with Gasteiger partial charge in [-0.15, -0.1) is 0 Å². The number of rotatable bonds is 4. The molecule has 130 valence electrons. The summed E-state index contributed by atoms with van der Waals surface area (Å²) in [6, 6.07) is 21.0. The fourth-order valence-electron chi connectivity index (χ4n) is 2.37. The molecule has 3 aromatic carbocycles. The van der Waals surface area contributed by atoms with Crippen LogP contribution in [0, 0.1) is 6.92 Å². The van der Waals surface area contributed by atoms with Gasteiger partial charge in [0.25, 0.3) is 11.8 Å². The van der Waals surface area contributed by atoms with E-state index >= 15 is 0 Å². The number of hydrogen-bond donors (Lipinski definition) is 2. The maximum Gasteiger partial charge on any atom is 0.255 e. The van der Waals surface area contributed by atoms with Crippen LogP contribution in [-0.2, 0) is 0 Å². The van der Waals surface area contributed by atoms with Gasteiger partial charge in [0.1, 0.15) is 0 Å². The lowest BCUT2D eigenvalue weighted by molar-refractivity contribution is 0.101. The molecule has 0 saturated carbocycles. The fraction of sp³-hybridized carbons (Fsp3) is 0.0476. The summed E-state index contributed by atoms with van der Waals surface area (Å²) in [6.07, 6.45) is 0. The number of aryl methyl sites for hydroxylation is 1. The number of nitrogens with one attached hydrogen (secondary N) is 2. The molecule has 0 aliphatic rings. The molecule has 0 aromatic heterocycles. The maximum atomic E-state index is 12.3. The Kier molecular flexibility index (Phi) is 5.34. The molecule has 0 heterocycles. The van der Waals surface area contributed by atoms with Gasteiger partial charge >= 0.3 is 0 Å². The summed E-state index contributed by atoms with van der Waals surface area (Å²) in [5.74, 6) is -0.518. The minimum Gasteiger partial charge on any atom is -0.322 e. The van der Waals surface area contributed by atoms with Crippen LogP contribution in [0.3, 0.4) is 0 Å². The molecule has 26 heavy (non-hydrogen) atoms. The molecule has 5 heteroatoms. The molecular formula is C21H17ClN2O2. The second kappa shape index (κ2) is 7.85. The zero-order valence-electron chi connectivity index (χ0n) is 14.1. The molecule has 4 nitrogen and oxygen atoms in total. The second-order valence-corrected chi connectivity index (χ2v) is 6.24. The van der Waals surface area contributed by atoms with Crippen molar-refractivity contribution in [2.24, 2.45) is 0 Å². The Morgan fingerprint density at radius 2 is 1.27 bits per heavy atom. The van der Waals surface area contributed by atoms with Crippen molar-refractivity contribution in [3.63, 3.8) is 0 Å². The van der Waals surface area contributed by atoms with E-state index < -0.39 is 0 Å². The van der Waals surface area contributed by atoms with Crippen molar-refractivity contribution in [3.05, 3.63) is 94.5 Å². The molecule has 0 atom stereocenters. The third-order valence-electron chi connectivity index (χ3n) is 3.84. The third-order valence-corrected chi connectivity index (χ3v) is 4.17. The van der Waals surface area contributed by atoms with Crippen LogP contribution in [0.25, 0.3) is 0 Å². The van der Waals surface area contributed by atoms with Crippen molar-refractivity contribution in [2.45, 2.75) is 6.92 Å². The van der Waals surface area contributed by atoms with Gasteiger partial charge in [-0.1, -0.05) is 41.4 Å². The number of amides is 2. The predicted octanol–water partition coefficient (Wildman–Crippen LogP) is 5.15. The first-order valence-electron chi connectivity index (χ1n) is 8.07. The summed E-state index contributed by atoms with van der Waals surface area (Å²) in [5.41, 5.74) is 3.30. The lowest BCUT2D eigenvalue weighted by Gasteiger charge is -2.08. The van der Waals surface area contributed by atoms with Crippen LogP contribution < -0.4 is 10.6 Å². The van der Waals surface area contributed by atoms with Crippen LogP contribution in [0.1, 0.15) is 26.3 Å². The van der Waals surface area contributed by atoms with E-state index in [-0.39, 0.29) is 11.8 Å². The molecule has 0 unspecified atom stereocenters. The first-order chi connectivity index (χ1) is 12.5. The van der Waals surface area contributed by atoms with Gasteiger partial charge in [0, 0.05) is 16.8 Å². The lowest BCUT2D eigenvalue weighted by Crippen LogP contribution is -2.14. The zero-order valence-corrected chi connectivity index (χ0v) is 14.9. The van der Waals surface area contributed by atoms with E-state index in [2.05, 4.69) is 10.6 Å². The third kappa shape index (κ3) is 4.29. The second-order valence-electron chi connectivity index (χ2n) is 5.83. The SMILES string of the molecule is Cc1ccc(NC(=O)c2ccc(C(=O)Nc3ccccc3Cl)cc2)cc1. The van der Waals surface area contributed by atoms with Crippen LogP contribution >= 0.6 is 11.6 Å².